The third-order valence-electron chi connectivity index (χ3n) is 1.06. The van der Waals surface area contributed by atoms with Crippen molar-refractivity contribution in [3.63, 3.8) is 0 Å². The van der Waals surface area contributed by atoms with Gasteiger partial charge in [-0.1, -0.05) is 0 Å². The Hall–Kier alpha value is -1.03. The molecular weight excluding hydrogens is 154 g/mol. The number of hydrogen-bond donors (Lipinski definition) is 1. The quantitative estimate of drug-likeness (QED) is 0.520. The van der Waals surface area contributed by atoms with Gasteiger partial charge in [0.1, 0.15) is 0 Å². The monoisotopic (exact) mass is 159 g/mol. The van der Waals surface area contributed by atoms with Crippen molar-refractivity contribution in [1.82, 2.24) is 9.74 Å². The fourth-order valence-corrected chi connectivity index (χ4v) is 0.689. The molecule has 1 aliphatic heterocycles. The van der Waals surface area contributed by atoms with Crippen LogP contribution in [0.2, 0.25) is 0 Å². The lowest BCUT2D eigenvalue weighted by molar-refractivity contribution is 0.225. The highest BCUT2D eigenvalue weighted by atomic mass is 35.5. The topological polar surface area (TPSA) is 44.7 Å². The number of amides is 2. The van der Waals surface area contributed by atoms with E-state index in [1.165, 1.54) is 11.1 Å². The van der Waals surface area contributed by atoms with E-state index >= 15 is 0 Å². The normalized spacial score (nSPS) is 15.5. The van der Waals surface area contributed by atoms with Gasteiger partial charge in [-0.15, -0.1) is 0 Å². The largest absolute Gasteiger partial charge is 0.336 e. The van der Waals surface area contributed by atoms with E-state index in [1.54, 1.807) is 12.4 Å². The van der Waals surface area contributed by atoms with Crippen molar-refractivity contribution in [3.8, 4) is 0 Å². The van der Waals surface area contributed by atoms with Gasteiger partial charge in [-0.3, -0.25) is 9.89 Å². The highest BCUT2D eigenvalue weighted by molar-refractivity contribution is 6.21. The van der Waals surface area contributed by atoms with Gasteiger partial charge in [0, 0.05) is 30.4 Å². The van der Waals surface area contributed by atoms with Gasteiger partial charge in [0.2, 0.25) is 0 Å². The van der Waals surface area contributed by atoms with Gasteiger partial charge >= 0.3 is 6.03 Å². The van der Waals surface area contributed by atoms with Crippen LogP contribution in [0, 0.1) is 0 Å². The van der Waals surface area contributed by atoms with Gasteiger partial charge < -0.3 is 0 Å². The first-order valence-corrected chi connectivity index (χ1v) is 3.08. The molecule has 1 aliphatic rings. The summed E-state index contributed by atoms with van der Waals surface area (Å²) in [5.41, 5.74) is 0. The first-order valence-electron chi connectivity index (χ1n) is 2.70. The SMILES string of the molecule is O=C(NCl)N1C=CN=CC1. The lowest BCUT2D eigenvalue weighted by Crippen LogP contribution is -2.33. The van der Waals surface area contributed by atoms with Crippen LogP contribution in [0.3, 0.4) is 0 Å². The van der Waals surface area contributed by atoms with E-state index in [-0.39, 0.29) is 6.03 Å². The fraction of sp³-hybridized carbons (Fsp3) is 0.200. The molecule has 0 fully saturated rings. The predicted molar refractivity (Wildman–Crippen MR) is 38.7 cm³/mol. The van der Waals surface area contributed by atoms with Crippen molar-refractivity contribution in [2.45, 2.75) is 0 Å². The summed E-state index contributed by atoms with van der Waals surface area (Å²) in [6.07, 6.45) is 4.69. The van der Waals surface area contributed by atoms with Crippen LogP contribution in [-0.2, 0) is 0 Å². The Bertz CT molecular complexity index is 189. The molecule has 1 N–H and O–H groups in total. The molecule has 0 unspecified atom stereocenters. The van der Waals surface area contributed by atoms with Crippen LogP contribution in [-0.4, -0.2) is 23.7 Å². The third kappa shape index (κ3) is 1.48. The second-order valence-electron chi connectivity index (χ2n) is 1.68. The van der Waals surface area contributed by atoms with Gasteiger partial charge in [0.05, 0.1) is 6.54 Å². The minimum atomic E-state index is -0.343. The molecule has 0 aromatic carbocycles. The number of carbonyl (C=O) groups is 1. The van der Waals surface area contributed by atoms with Gasteiger partial charge in [0.15, 0.2) is 0 Å². The summed E-state index contributed by atoms with van der Waals surface area (Å²) in [5.74, 6) is 0. The van der Waals surface area contributed by atoms with Crippen molar-refractivity contribution in [2.24, 2.45) is 4.99 Å². The first-order chi connectivity index (χ1) is 4.84. The van der Waals surface area contributed by atoms with Crippen molar-refractivity contribution < 1.29 is 4.79 Å². The summed E-state index contributed by atoms with van der Waals surface area (Å²) < 4.78 is 0. The molecule has 4 nitrogen and oxygen atoms in total. The molecule has 5 heteroatoms. The molecule has 1 heterocycles. The molecule has 0 saturated carbocycles. The van der Waals surface area contributed by atoms with Gasteiger partial charge in [0.25, 0.3) is 0 Å². The summed E-state index contributed by atoms with van der Waals surface area (Å²) in [4.78, 5) is 17.9. The maximum atomic E-state index is 10.7. The van der Waals surface area contributed by atoms with Crippen LogP contribution >= 0.6 is 11.8 Å². The average Bonchev–Trinajstić information content (AvgIpc) is 2.05. The summed E-state index contributed by atoms with van der Waals surface area (Å²) in [7, 11) is 0. The van der Waals surface area contributed by atoms with Crippen molar-refractivity contribution in [3.05, 3.63) is 12.4 Å². The molecule has 0 bridgehead atoms. The van der Waals surface area contributed by atoms with Crippen molar-refractivity contribution in [2.75, 3.05) is 6.54 Å². The summed E-state index contributed by atoms with van der Waals surface area (Å²) >= 11 is 5.07. The van der Waals surface area contributed by atoms with Crippen LogP contribution in [0.5, 0.6) is 0 Å². The smallest absolute Gasteiger partial charge is 0.293 e. The molecule has 0 radical (unpaired) electrons. The Morgan fingerprint density at radius 3 is 3.10 bits per heavy atom. The lowest BCUT2D eigenvalue weighted by atomic mass is 10.5. The minimum Gasteiger partial charge on any atom is -0.293 e. The number of nitrogens with one attached hydrogen (secondary N) is 1. The van der Waals surface area contributed by atoms with E-state index in [2.05, 4.69) is 4.99 Å². The van der Waals surface area contributed by atoms with Crippen molar-refractivity contribution in [1.29, 1.82) is 0 Å². The van der Waals surface area contributed by atoms with Crippen LogP contribution in [0.15, 0.2) is 17.4 Å². The maximum absolute atomic E-state index is 10.7. The predicted octanol–water partition coefficient (Wildman–Crippen LogP) is 0.707. The summed E-state index contributed by atoms with van der Waals surface area (Å²) in [6.45, 7) is 0.467. The molecule has 0 aromatic heterocycles. The van der Waals surface area contributed by atoms with Gasteiger partial charge in [-0.2, -0.15) is 0 Å². The zero-order valence-electron chi connectivity index (χ0n) is 5.12. The van der Waals surface area contributed by atoms with Gasteiger partial charge in [-0.05, 0) is 0 Å². The summed E-state index contributed by atoms with van der Waals surface area (Å²) in [6, 6.07) is -0.343. The van der Waals surface area contributed by atoms with Crippen LogP contribution < -0.4 is 4.84 Å². The Morgan fingerprint density at radius 1 is 1.80 bits per heavy atom. The second kappa shape index (κ2) is 3.22. The van der Waals surface area contributed by atoms with E-state index in [0.717, 1.165) is 0 Å². The Labute approximate surface area is 63.3 Å². The van der Waals surface area contributed by atoms with E-state index in [0.29, 0.717) is 6.54 Å². The molecule has 2 amide bonds. The molecule has 0 aromatic rings. The Morgan fingerprint density at radius 2 is 2.60 bits per heavy atom. The Balaban J connectivity index is 2.51. The highest BCUT2D eigenvalue weighted by Crippen LogP contribution is 1.95. The standard InChI is InChI=1S/C5H6ClN3O/c6-8-5(10)9-3-1-7-2-4-9/h1-3H,4H2,(H,8,10). The molecular formula is C5H6ClN3O. The Kier molecular flexibility index (Phi) is 2.28. The number of hydrogen-bond acceptors (Lipinski definition) is 2. The number of rotatable bonds is 0. The molecule has 10 heavy (non-hydrogen) atoms. The molecule has 0 spiro atoms. The average molecular weight is 160 g/mol. The number of urea groups is 1. The van der Waals surface area contributed by atoms with Gasteiger partial charge in [-0.25, -0.2) is 9.63 Å². The van der Waals surface area contributed by atoms with E-state index in [1.807, 2.05) is 4.84 Å². The number of nitrogens with zero attached hydrogens (tertiary/aromatic N) is 2. The molecule has 0 aliphatic carbocycles. The maximum Gasteiger partial charge on any atom is 0.336 e. The molecule has 0 atom stereocenters. The van der Waals surface area contributed by atoms with E-state index in [4.69, 9.17) is 11.8 Å². The number of aliphatic imine (C=N–C) groups is 1. The van der Waals surface area contributed by atoms with Crippen LogP contribution in [0.1, 0.15) is 0 Å². The molecule has 54 valence electrons. The minimum absolute atomic E-state index is 0.343. The zero-order chi connectivity index (χ0) is 7.40. The zero-order valence-corrected chi connectivity index (χ0v) is 5.88. The van der Waals surface area contributed by atoms with Crippen LogP contribution in [0.25, 0.3) is 0 Å². The van der Waals surface area contributed by atoms with Crippen molar-refractivity contribution >= 4 is 24.0 Å². The molecule has 0 saturated heterocycles. The van der Waals surface area contributed by atoms with E-state index in [9.17, 15) is 4.79 Å². The second-order valence-corrected chi connectivity index (χ2v) is 1.87. The third-order valence-corrected chi connectivity index (χ3v) is 1.22. The lowest BCUT2D eigenvalue weighted by Gasteiger charge is -2.15. The summed E-state index contributed by atoms with van der Waals surface area (Å²) in [5, 5.41) is 0. The molecule has 1 rings (SSSR count). The van der Waals surface area contributed by atoms with E-state index < -0.39 is 0 Å². The number of carbonyl (C=O) groups excluding carboxylic acids is 1. The fourth-order valence-electron chi connectivity index (χ4n) is 0.581. The highest BCUT2D eigenvalue weighted by Gasteiger charge is 2.08. The first kappa shape index (κ1) is 7.08. The number of halogens is 1. The van der Waals surface area contributed by atoms with Crippen LogP contribution in [0.4, 0.5) is 4.79 Å².